The molecule has 100 valence electrons. The number of carboxylic acids is 1. The van der Waals surface area contributed by atoms with Gasteiger partial charge >= 0.3 is 5.97 Å². The van der Waals surface area contributed by atoms with Gasteiger partial charge in [0.05, 0.1) is 21.8 Å². The van der Waals surface area contributed by atoms with Crippen molar-refractivity contribution >= 4 is 27.5 Å². The van der Waals surface area contributed by atoms with Crippen molar-refractivity contribution in [1.82, 2.24) is 9.88 Å². The third kappa shape index (κ3) is 2.77. The van der Waals surface area contributed by atoms with Gasteiger partial charge in [-0.3, -0.25) is 9.69 Å². The molecule has 0 aliphatic carbocycles. The predicted octanol–water partition coefficient (Wildman–Crippen LogP) is 2.56. The van der Waals surface area contributed by atoms with E-state index in [4.69, 9.17) is 10.1 Å². The van der Waals surface area contributed by atoms with Crippen molar-refractivity contribution in [3.63, 3.8) is 0 Å². The van der Waals surface area contributed by atoms with E-state index in [0.717, 1.165) is 31.4 Å². The molecule has 1 fully saturated rings. The van der Waals surface area contributed by atoms with Gasteiger partial charge < -0.3 is 5.11 Å². The van der Waals surface area contributed by atoms with Crippen molar-refractivity contribution < 1.29 is 9.90 Å². The molecular weight excluding hydrogens is 260 g/mol. The lowest BCUT2D eigenvalue weighted by Gasteiger charge is -2.29. The minimum atomic E-state index is -0.738. The number of hydrogen-bond donors (Lipinski definition) is 1. The van der Waals surface area contributed by atoms with Crippen LogP contribution in [0.1, 0.15) is 23.8 Å². The Morgan fingerprint density at radius 3 is 2.79 bits per heavy atom. The molecule has 0 bridgehead atoms. The van der Waals surface area contributed by atoms with Crippen LogP contribution in [-0.4, -0.2) is 40.6 Å². The molecule has 1 aromatic heterocycles. The quantitative estimate of drug-likeness (QED) is 0.936. The molecule has 1 aromatic carbocycles. The molecule has 0 unspecified atom stereocenters. The van der Waals surface area contributed by atoms with Gasteiger partial charge in [-0.1, -0.05) is 12.1 Å². The van der Waals surface area contributed by atoms with Crippen LogP contribution in [0.15, 0.2) is 24.3 Å². The van der Waals surface area contributed by atoms with E-state index in [9.17, 15) is 4.79 Å². The summed E-state index contributed by atoms with van der Waals surface area (Å²) in [5, 5.41) is 10.00. The van der Waals surface area contributed by atoms with Crippen LogP contribution in [0.4, 0.5) is 0 Å². The largest absolute Gasteiger partial charge is 0.480 e. The van der Waals surface area contributed by atoms with Crippen molar-refractivity contribution in [2.24, 2.45) is 0 Å². The first-order chi connectivity index (χ1) is 9.22. The van der Waals surface area contributed by atoms with Gasteiger partial charge in [0.1, 0.15) is 0 Å². The first kappa shape index (κ1) is 12.6. The van der Waals surface area contributed by atoms with E-state index in [1.54, 1.807) is 11.3 Å². The fraction of sp³-hybridized carbons (Fsp3) is 0.429. The maximum Gasteiger partial charge on any atom is 0.317 e. The topological polar surface area (TPSA) is 53.4 Å². The van der Waals surface area contributed by atoms with Crippen LogP contribution in [0.2, 0.25) is 0 Å². The highest BCUT2D eigenvalue weighted by molar-refractivity contribution is 7.18. The summed E-state index contributed by atoms with van der Waals surface area (Å²) >= 11 is 1.77. The Balaban J connectivity index is 1.69. The summed E-state index contributed by atoms with van der Waals surface area (Å²) in [6.07, 6.45) is 2.01. The number of nitrogens with zero attached hydrogens (tertiary/aromatic N) is 2. The zero-order valence-electron chi connectivity index (χ0n) is 10.6. The summed E-state index contributed by atoms with van der Waals surface area (Å²) in [4.78, 5) is 17.4. The van der Waals surface area contributed by atoms with E-state index in [1.165, 1.54) is 9.71 Å². The lowest BCUT2D eigenvalue weighted by atomic mass is 9.97. The van der Waals surface area contributed by atoms with Crippen LogP contribution >= 0.6 is 11.3 Å². The minimum Gasteiger partial charge on any atom is -0.480 e. The molecule has 1 aliphatic heterocycles. The highest BCUT2D eigenvalue weighted by atomic mass is 32.1. The minimum absolute atomic E-state index is 0.159. The van der Waals surface area contributed by atoms with Gasteiger partial charge in [0.15, 0.2) is 0 Å². The third-order valence-electron chi connectivity index (χ3n) is 3.61. The number of aliphatic carboxylic acids is 1. The number of carbonyl (C=O) groups is 1. The van der Waals surface area contributed by atoms with Gasteiger partial charge in [0.25, 0.3) is 0 Å². The number of para-hydroxylation sites is 1. The molecule has 1 N–H and O–H groups in total. The van der Waals surface area contributed by atoms with Gasteiger partial charge in [-0.05, 0) is 38.1 Å². The second-order valence-corrected chi connectivity index (χ2v) is 6.03. The summed E-state index contributed by atoms with van der Waals surface area (Å²) in [6.45, 7) is 1.87. The number of benzene rings is 1. The Hall–Kier alpha value is -1.46. The van der Waals surface area contributed by atoms with Crippen molar-refractivity contribution in [1.29, 1.82) is 0 Å². The first-order valence-corrected chi connectivity index (χ1v) is 7.33. The second-order valence-electron chi connectivity index (χ2n) is 4.96. The third-order valence-corrected chi connectivity index (χ3v) is 4.81. The highest BCUT2D eigenvalue weighted by Gasteiger charge is 2.24. The van der Waals surface area contributed by atoms with E-state index >= 15 is 0 Å². The van der Waals surface area contributed by atoms with Crippen LogP contribution in [0, 0.1) is 0 Å². The Kier molecular flexibility index (Phi) is 3.48. The van der Waals surface area contributed by atoms with Crippen LogP contribution in [0.3, 0.4) is 0 Å². The van der Waals surface area contributed by atoms with Crippen molar-refractivity contribution in [3.05, 3.63) is 29.3 Å². The van der Waals surface area contributed by atoms with E-state index in [-0.39, 0.29) is 6.54 Å². The highest BCUT2D eigenvalue weighted by Crippen LogP contribution is 2.33. The van der Waals surface area contributed by atoms with Crippen LogP contribution in [0.25, 0.3) is 10.2 Å². The van der Waals surface area contributed by atoms with E-state index in [0.29, 0.717) is 5.92 Å². The SMILES string of the molecule is O=C(O)CN1CCC(c2nc3ccccc3s2)CC1. The molecule has 1 saturated heterocycles. The summed E-state index contributed by atoms with van der Waals surface area (Å²) in [6, 6.07) is 8.21. The van der Waals surface area contributed by atoms with Crippen LogP contribution in [0.5, 0.6) is 0 Å². The van der Waals surface area contributed by atoms with Crippen molar-refractivity contribution in [3.8, 4) is 0 Å². The first-order valence-electron chi connectivity index (χ1n) is 6.52. The predicted molar refractivity (Wildman–Crippen MR) is 75.7 cm³/mol. The van der Waals surface area contributed by atoms with Gasteiger partial charge in [-0.25, -0.2) is 4.98 Å². The number of likely N-dealkylation sites (tertiary alicyclic amines) is 1. The van der Waals surface area contributed by atoms with Gasteiger partial charge in [-0.2, -0.15) is 0 Å². The lowest BCUT2D eigenvalue weighted by molar-refractivity contribution is -0.138. The molecule has 4 nitrogen and oxygen atoms in total. The molecule has 19 heavy (non-hydrogen) atoms. The van der Waals surface area contributed by atoms with E-state index in [2.05, 4.69) is 12.1 Å². The zero-order valence-corrected chi connectivity index (χ0v) is 11.4. The number of aromatic nitrogens is 1. The van der Waals surface area contributed by atoms with E-state index in [1.807, 2.05) is 17.0 Å². The molecule has 2 aromatic rings. The maximum absolute atomic E-state index is 10.7. The van der Waals surface area contributed by atoms with Crippen LogP contribution in [-0.2, 0) is 4.79 Å². The maximum atomic E-state index is 10.7. The molecule has 1 aliphatic rings. The number of piperidine rings is 1. The number of fused-ring (bicyclic) bond motifs is 1. The van der Waals surface area contributed by atoms with Crippen molar-refractivity contribution in [2.75, 3.05) is 19.6 Å². The molecule has 0 atom stereocenters. The molecule has 0 spiro atoms. The fourth-order valence-corrected chi connectivity index (χ4v) is 3.73. The molecular formula is C14H16N2O2S. The average molecular weight is 276 g/mol. The van der Waals surface area contributed by atoms with Gasteiger partial charge in [-0.15, -0.1) is 11.3 Å². The zero-order chi connectivity index (χ0) is 13.2. The van der Waals surface area contributed by atoms with Crippen molar-refractivity contribution in [2.45, 2.75) is 18.8 Å². The van der Waals surface area contributed by atoms with Crippen LogP contribution < -0.4 is 0 Å². The summed E-state index contributed by atoms with van der Waals surface area (Å²) in [5.41, 5.74) is 1.08. The molecule has 5 heteroatoms. The second kappa shape index (κ2) is 5.27. The number of hydrogen-bond acceptors (Lipinski definition) is 4. The molecule has 0 radical (unpaired) electrons. The number of rotatable bonds is 3. The molecule has 3 rings (SSSR count). The molecule has 0 amide bonds. The number of thiazole rings is 1. The standard InChI is InChI=1S/C14H16N2O2S/c17-13(18)9-16-7-5-10(6-8-16)14-15-11-3-1-2-4-12(11)19-14/h1-4,10H,5-9H2,(H,17,18). The average Bonchev–Trinajstić information content (AvgIpc) is 2.82. The Morgan fingerprint density at radius 2 is 2.11 bits per heavy atom. The number of carboxylic acid groups (broad SMARTS) is 1. The van der Waals surface area contributed by atoms with E-state index < -0.39 is 5.97 Å². The summed E-state index contributed by atoms with van der Waals surface area (Å²) in [5.74, 6) is -0.249. The monoisotopic (exact) mass is 276 g/mol. The normalized spacial score (nSPS) is 17.9. The molecule has 0 saturated carbocycles. The Labute approximate surface area is 115 Å². The summed E-state index contributed by atoms with van der Waals surface area (Å²) in [7, 11) is 0. The Morgan fingerprint density at radius 1 is 1.37 bits per heavy atom. The fourth-order valence-electron chi connectivity index (χ4n) is 2.59. The lowest BCUT2D eigenvalue weighted by Crippen LogP contribution is -2.36. The molecule has 2 heterocycles. The Bertz CT molecular complexity index is 555. The summed E-state index contributed by atoms with van der Waals surface area (Å²) < 4.78 is 1.24. The smallest absolute Gasteiger partial charge is 0.317 e. The van der Waals surface area contributed by atoms with Gasteiger partial charge in [0, 0.05) is 5.92 Å². The van der Waals surface area contributed by atoms with Gasteiger partial charge in [0.2, 0.25) is 0 Å².